The van der Waals surface area contributed by atoms with E-state index in [0.717, 1.165) is 10.2 Å². The number of para-hydroxylation sites is 1. The second kappa shape index (κ2) is 4.12. The normalized spacial score (nSPS) is 14.1. The Morgan fingerprint density at radius 2 is 2.06 bits per heavy atom. The molecule has 1 aromatic heterocycles. The van der Waals surface area contributed by atoms with Crippen LogP contribution >= 0.6 is 11.3 Å². The smallest absolute Gasteiger partial charge is 0.220 e. The van der Waals surface area contributed by atoms with Gasteiger partial charge < -0.3 is 0 Å². The Morgan fingerprint density at radius 3 is 2.69 bits per heavy atom. The maximum atomic E-state index is 11.6. The standard InChI is InChI=1S/C10H12N2O2S2/c1-7(16(13,14)11-2)10-12-8-5-3-4-6-9(8)15-10/h3-7,11H,1-2H3. The van der Waals surface area contributed by atoms with Gasteiger partial charge in [-0.3, -0.25) is 0 Å². The summed E-state index contributed by atoms with van der Waals surface area (Å²) in [6, 6.07) is 7.63. The van der Waals surface area contributed by atoms with Gasteiger partial charge in [0.25, 0.3) is 0 Å². The molecule has 0 aliphatic carbocycles. The van der Waals surface area contributed by atoms with Crippen LogP contribution < -0.4 is 4.72 Å². The van der Waals surface area contributed by atoms with Crippen molar-refractivity contribution in [2.45, 2.75) is 12.2 Å². The van der Waals surface area contributed by atoms with Crippen LogP contribution in [0.5, 0.6) is 0 Å². The maximum absolute atomic E-state index is 11.6. The van der Waals surface area contributed by atoms with Crippen molar-refractivity contribution < 1.29 is 8.42 Å². The number of thiazole rings is 1. The molecule has 0 fully saturated rings. The summed E-state index contributed by atoms with van der Waals surface area (Å²) in [6.07, 6.45) is 0. The van der Waals surface area contributed by atoms with Gasteiger partial charge in [0.2, 0.25) is 10.0 Å². The Bertz CT molecular complexity index is 571. The van der Waals surface area contributed by atoms with E-state index in [-0.39, 0.29) is 0 Å². The van der Waals surface area contributed by atoms with Crippen molar-refractivity contribution in [2.24, 2.45) is 0 Å². The largest absolute Gasteiger partial charge is 0.240 e. The number of nitrogens with zero attached hydrogens (tertiary/aromatic N) is 1. The second-order valence-corrected chi connectivity index (χ2v) is 6.68. The lowest BCUT2D eigenvalue weighted by molar-refractivity contribution is 0.578. The SMILES string of the molecule is CNS(=O)(=O)C(C)c1nc2ccccc2s1. The first kappa shape index (κ1) is 11.5. The highest BCUT2D eigenvalue weighted by Gasteiger charge is 2.23. The third kappa shape index (κ3) is 1.95. The summed E-state index contributed by atoms with van der Waals surface area (Å²) in [5.74, 6) is 0. The zero-order chi connectivity index (χ0) is 11.8. The lowest BCUT2D eigenvalue weighted by Crippen LogP contribution is -2.23. The summed E-state index contributed by atoms with van der Waals surface area (Å²) in [5, 5.41) is 0.00505. The molecule has 1 heterocycles. The Morgan fingerprint density at radius 1 is 1.38 bits per heavy atom. The predicted octanol–water partition coefficient (Wildman–Crippen LogP) is 1.91. The van der Waals surface area contributed by atoms with Gasteiger partial charge in [-0.1, -0.05) is 12.1 Å². The predicted molar refractivity (Wildman–Crippen MR) is 66.0 cm³/mol. The number of benzene rings is 1. The molecule has 86 valence electrons. The van der Waals surface area contributed by atoms with E-state index in [1.165, 1.54) is 18.4 Å². The zero-order valence-corrected chi connectivity index (χ0v) is 10.6. The highest BCUT2D eigenvalue weighted by atomic mass is 32.2. The lowest BCUT2D eigenvalue weighted by Gasteiger charge is -2.07. The van der Waals surface area contributed by atoms with Crippen molar-refractivity contribution in [3.05, 3.63) is 29.3 Å². The molecule has 0 radical (unpaired) electrons. The van der Waals surface area contributed by atoms with Gasteiger partial charge in [-0.25, -0.2) is 18.1 Å². The molecule has 1 N–H and O–H groups in total. The summed E-state index contributed by atoms with van der Waals surface area (Å²) in [7, 11) is -1.89. The van der Waals surface area contributed by atoms with E-state index in [9.17, 15) is 8.42 Å². The summed E-state index contributed by atoms with van der Waals surface area (Å²) in [6.45, 7) is 1.64. The number of hydrogen-bond acceptors (Lipinski definition) is 4. The van der Waals surface area contributed by atoms with Gasteiger partial charge >= 0.3 is 0 Å². The summed E-state index contributed by atoms with van der Waals surface area (Å²) < 4.78 is 26.6. The minimum atomic E-state index is -3.30. The second-order valence-electron chi connectivity index (χ2n) is 3.41. The average Bonchev–Trinajstić information content (AvgIpc) is 2.71. The van der Waals surface area contributed by atoms with Crippen molar-refractivity contribution in [1.82, 2.24) is 9.71 Å². The van der Waals surface area contributed by atoms with Gasteiger partial charge in [-0.15, -0.1) is 11.3 Å². The highest BCUT2D eigenvalue weighted by Crippen LogP contribution is 2.29. The molecule has 1 unspecified atom stereocenters. The molecule has 0 bridgehead atoms. The molecule has 0 saturated heterocycles. The van der Waals surface area contributed by atoms with Gasteiger partial charge in [0.05, 0.1) is 10.2 Å². The fourth-order valence-corrected chi connectivity index (χ4v) is 3.47. The van der Waals surface area contributed by atoms with Crippen LogP contribution in [0.2, 0.25) is 0 Å². The van der Waals surface area contributed by atoms with E-state index in [1.54, 1.807) is 6.92 Å². The fraction of sp³-hybridized carbons (Fsp3) is 0.300. The Balaban J connectivity index is 2.49. The minimum Gasteiger partial charge on any atom is -0.240 e. The average molecular weight is 256 g/mol. The lowest BCUT2D eigenvalue weighted by atomic mass is 10.3. The number of nitrogens with one attached hydrogen (secondary N) is 1. The molecule has 6 heteroatoms. The monoisotopic (exact) mass is 256 g/mol. The zero-order valence-electron chi connectivity index (χ0n) is 8.97. The molecule has 0 amide bonds. The quantitative estimate of drug-likeness (QED) is 0.912. The summed E-state index contributed by atoms with van der Waals surface area (Å²) >= 11 is 1.42. The molecule has 4 nitrogen and oxygen atoms in total. The third-order valence-corrected chi connectivity index (χ3v) is 5.50. The molecular formula is C10H12N2O2S2. The Kier molecular flexibility index (Phi) is 2.96. The number of sulfonamides is 1. The van der Waals surface area contributed by atoms with Crippen LogP contribution in [0.3, 0.4) is 0 Å². The molecule has 0 spiro atoms. The molecule has 0 aliphatic rings. The van der Waals surface area contributed by atoms with E-state index in [1.807, 2.05) is 24.3 Å². The van der Waals surface area contributed by atoms with Crippen LogP contribution in [-0.2, 0) is 10.0 Å². The van der Waals surface area contributed by atoms with Crippen molar-refractivity contribution >= 4 is 31.6 Å². The number of fused-ring (bicyclic) bond motifs is 1. The van der Waals surface area contributed by atoms with Gasteiger partial charge in [0.15, 0.2) is 0 Å². The first-order valence-corrected chi connectivity index (χ1v) is 7.18. The summed E-state index contributed by atoms with van der Waals surface area (Å²) in [5.41, 5.74) is 0.848. The number of rotatable bonds is 3. The van der Waals surface area contributed by atoms with Crippen LogP contribution in [0.4, 0.5) is 0 Å². The minimum absolute atomic E-state index is 0.616. The molecule has 1 atom stereocenters. The van der Waals surface area contributed by atoms with Crippen molar-refractivity contribution in [1.29, 1.82) is 0 Å². The van der Waals surface area contributed by atoms with Gasteiger partial charge in [0.1, 0.15) is 10.3 Å². The fourth-order valence-electron chi connectivity index (χ4n) is 1.37. The van der Waals surface area contributed by atoms with E-state index < -0.39 is 15.3 Å². The van der Waals surface area contributed by atoms with E-state index >= 15 is 0 Å². The van der Waals surface area contributed by atoms with Gasteiger partial charge in [-0.2, -0.15) is 0 Å². The van der Waals surface area contributed by atoms with E-state index in [4.69, 9.17) is 0 Å². The topological polar surface area (TPSA) is 59.1 Å². The molecule has 16 heavy (non-hydrogen) atoms. The molecule has 1 aromatic carbocycles. The summed E-state index contributed by atoms with van der Waals surface area (Å²) in [4.78, 5) is 4.33. The van der Waals surface area contributed by atoms with Crippen molar-refractivity contribution in [2.75, 3.05) is 7.05 Å². The van der Waals surface area contributed by atoms with Gasteiger partial charge in [-0.05, 0) is 26.1 Å². The van der Waals surface area contributed by atoms with E-state index in [0.29, 0.717) is 5.01 Å². The van der Waals surface area contributed by atoms with Crippen LogP contribution in [0, 0.1) is 0 Å². The molecule has 2 rings (SSSR count). The Labute approximate surface area is 98.4 Å². The molecular weight excluding hydrogens is 244 g/mol. The first-order chi connectivity index (χ1) is 7.54. The van der Waals surface area contributed by atoms with Crippen LogP contribution in [0.1, 0.15) is 17.2 Å². The Hall–Kier alpha value is -0.980. The number of aromatic nitrogens is 1. The maximum Gasteiger partial charge on any atom is 0.220 e. The number of hydrogen-bond donors (Lipinski definition) is 1. The molecule has 0 saturated carbocycles. The third-order valence-electron chi connectivity index (χ3n) is 2.41. The highest BCUT2D eigenvalue weighted by molar-refractivity contribution is 7.89. The molecule has 0 aliphatic heterocycles. The van der Waals surface area contributed by atoms with Gasteiger partial charge in [0, 0.05) is 0 Å². The van der Waals surface area contributed by atoms with Crippen molar-refractivity contribution in [3.8, 4) is 0 Å². The van der Waals surface area contributed by atoms with Crippen LogP contribution in [0.15, 0.2) is 24.3 Å². The van der Waals surface area contributed by atoms with Crippen LogP contribution in [-0.4, -0.2) is 20.4 Å². The van der Waals surface area contributed by atoms with Crippen LogP contribution in [0.25, 0.3) is 10.2 Å². The molecule has 2 aromatic rings. The van der Waals surface area contributed by atoms with Crippen molar-refractivity contribution in [3.63, 3.8) is 0 Å². The van der Waals surface area contributed by atoms with E-state index in [2.05, 4.69) is 9.71 Å². The first-order valence-electron chi connectivity index (χ1n) is 4.82.